The van der Waals surface area contributed by atoms with Gasteiger partial charge in [-0.25, -0.2) is 4.79 Å². The molecule has 0 aromatic heterocycles. The predicted molar refractivity (Wildman–Crippen MR) is 131 cm³/mol. The fourth-order valence-electron chi connectivity index (χ4n) is 3.44. The second-order valence-corrected chi connectivity index (χ2v) is 8.07. The Morgan fingerprint density at radius 2 is 1.48 bits per heavy atom. The van der Waals surface area contributed by atoms with Gasteiger partial charge in [-0.05, 0) is 41.8 Å². The van der Waals surface area contributed by atoms with Crippen LogP contribution in [0.4, 0.5) is 16.2 Å². The van der Waals surface area contributed by atoms with E-state index < -0.39 is 17.9 Å². The number of nitrogens with one attached hydrogen (secondary N) is 2. The number of carboxylic acid groups (broad SMARTS) is 1. The highest BCUT2D eigenvalue weighted by atomic mass is 35.5. The number of urea groups is 1. The van der Waals surface area contributed by atoms with Crippen LogP contribution in [0.3, 0.4) is 0 Å². The smallest absolute Gasteiger partial charge is 0.323 e. The van der Waals surface area contributed by atoms with E-state index in [-0.39, 0.29) is 12.2 Å². The summed E-state index contributed by atoms with van der Waals surface area (Å²) in [7, 11) is 0. The van der Waals surface area contributed by atoms with E-state index in [0.717, 1.165) is 17.5 Å². The van der Waals surface area contributed by atoms with Crippen molar-refractivity contribution in [2.45, 2.75) is 26.2 Å². The van der Waals surface area contributed by atoms with Gasteiger partial charge in [0.2, 0.25) is 0 Å². The van der Waals surface area contributed by atoms with Crippen molar-refractivity contribution in [3.63, 3.8) is 0 Å². The molecule has 6 nitrogen and oxygen atoms in total. The van der Waals surface area contributed by atoms with Gasteiger partial charge in [-0.1, -0.05) is 73.5 Å². The maximum absolute atomic E-state index is 12.5. The number of halogens is 1. The second-order valence-electron chi connectivity index (χ2n) is 7.66. The zero-order valence-electron chi connectivity index (χ0n) is 18.2. The summed E-state index contributed by atoms with van der Waals surface area (Å²) in [6.07, 6.45) is 1.20. The van der Waals surface area contributed by atoms with E-state index >= 15 is 0 Å². The molecule has 0 heterocycles. The van der Waals surface area contributed by atoms with Crippen LogP contribution >= 0.6 is 11.6 Å². The first-order chi connectivity index (χ1) is 15.9. The van der Waals surface area contributed by atoms with Crippen molar-refractivity contribution in [3.05, 3.63) is 83.4 Å². The highest BCUT2D eigenvalue weighted by Gasteiger charge is 2.21. The maximum Gasteiger partial charge on any atom is 0.323 e. The van der Waals surface area contributed by atoms with Gasteiger partial charge in [0.1, 0.15) is 0 Å². The molecule has 0 saturated carbocycles. The van der Waals surface area contributed by atoms with Crippen molar-refractivity contribution >= 4 is 40.8 Å². The summed E-state index contributed by atoms with van der Waals surface area (Å²) in [4.78, 5) is 36.0. The zero-order valence-corrected chi connectivity index (χ0v) is 18.9. The van der Waals surface area contributed by atoms with Gasteiger partial charge in [0.15, 0.2) is 5.78 Å². The van der Waals surface area contributed by atoms with Crippen LogP contribution in [0.2, 0.25) is 5.02 Å². The van der Waals surface area contributed by atoms with E-state index in [4.69, 9.17) is 11.6 Å². The van der Waals surface area contributed by atoms with Crippen LogP contribution in [0.25, 0.3) is 11.1 Å². The van der Waals surface area contributed by atoms with Crippen LogP contribution in [0.5, 0.6) is 0 Å². The molecule has 3 N–H and O–H groups in total. The number of aliphatic carboxylic acids is 1. The minimum absolute atomic E-state index is 0.000849. The minimum atomic E-state index is -0.934. The average molecular weight is 465 g/mol. The Hall–Kier alpha value is -3.64. The molecule has 0 fully saturated rings. The number of Topliss-reactive ketones (excluding diaryl/α,β-unsaturated/α-hetero) is 1. The standard InChI is InChI=1S/C26H25ClN2O4/c1-2-5-20(25(31)32)16-24(30)19-10-8-17(9-11-19)18-12-14-21(15-13-18)28-26(33)29-23-7-4-3-6-22(23)27/h3-4,6-15,20H,2,5,16H2,1H3,(H,31,32)(H2,28,29,33). The van der Waals surface area contributed by atoms with Crippen molar-refractivity contribution in [1.29, 1.82) is 0 Å². The summed E-state index contributed by atoms with van der Waals surface area (Å²) in [6, 6.07) is 20.9. The lowest BCUT2D eigenvalue weighted by atomic mass is 9.93. The quantitative estimate of drug-likeness (QED) is 0.306. The number of carbonyl (C=O) groups excluding carboxylic acids is 2. The molecule has 33 heavy (non-hydrogen) atoms. The molecule has 2 amide bonds. The summed E-state index contributed by atoms with van der Waals surface area (Å²) in [5.74, 6) is -1.76. The van der Waals surface area contributed by atoms with Crippen molar-refractivity contribution < 1.29 is 19.5 Å². The number of hydrogen-bond donors (Lipinski definition) is 3. The van der Waals surface area contributed by atoms with E-state index in [0.29, 0.717) is 28.4 Å². The number of ketones is 1. The van der Waals surface area contributed by atoms with Gasteiger partial charge in [-0.15, -0.1) is 0 Å². The highest BCUT2D eigenvalue weighted by Crippen LogP contribution is 2.24. The Bertz CT molecular complexity index is 1130. The van der Waals surface area contributed by atoms with Gasteiger partial charge in [0, 0.05) is 17.7 Å². The van der Waals surface area contributed by atoms with Gasteiger partial charge < -0.3 is 15.7 Å². The Labute approximate surface area is 197 Å². The zero-order chi connectivity index (χ0) is 23.8. The van der Waals surface area contributed by atoms with Crippen molar-refractivity contribution in [2.24, 2.45) is 5.92 Å². The van der Waals surface area contributed by atoms with Crippen LogP contribution in [0.15, 0.2) is 72.8 Å². The molecule has 3 rings (SSSR count). The second kappa shape index (κ2) is 11.3. The van der Waals surface area contributed by atoms with Crippen LogP contribution in [0.1, 0.15) is 36.5 Å². The van der Waals surface area contributed by atoms with Gasteiger partial charge in [-0.2, -0.15) is 0 Å². The van der Waals surface area contributed by atoms with E-state index in [1.165, 1.54) is 0 Å². The Morgan fingerprint density at radius 3 is 2.06 bits per heavy atom. The van der Waals surface area contributed by atoms with Gasteiger partial charge >= 0.3 is 12.0 Å². The van der Waals surface area contributed by atoms with Crippen molar-refractivity contribution in [1.82, 2.24) is 0 Å². The average Bonchev–Trinajstić information content (AvgIpc) is 2.81. The van der Waals surface area contributed by atoms with E-state index in [1.54, 1.807) is 48.5 Å². The topological polar surface area (TPSA) is 95.5 Å². The molecule has 0 aliphatic carbocycles. The Morgan fingerprint density at radius 1 is 0.879 bits per heavy atom. The molecule has 3 aromatic carbocycles. The molecule has 0 spiro atoms. The largest absolute Gasteiger partial charge is 0.481 e. The summed E-state index contributed by atoms with van der Waals surface area (Å²) < 4.78 is 0. The van der Waals surface area contributed by atoms with Crippen molar-refractivity contribution in [3.8, 4) is 11.1 Å². The third-order valence-corrected chi connectivity index (χ3v) is 5.55. The lowest BCUT2D eigenvalue weighted by Crippen LogP contribution is -2.19. The number of amides is 2. The van der Waals surface area contributed by atoms with Crippen LogP contribution < -0.4 is 10.6 Å². The fourth-order valence-corrected chi connectivity index (χ4v) is 3.63. The molecule has 170 valence electrons. The molecule has 0 saturated heterocycles. The summed E-state index contributed by atoms with van der Waals surface area (Å²) in [5, 5.41) is 15.2. The molecule has 0 bridgehead atoms. The Kier molecular flexibility index (Phi) is 8.22. The maximum atomic E-state index is 12.5. The minimum Gasteiger partial charge on any atom is -0.481 e. The number of carboxylic acids is 1. The van der Waals surface area contributed by atoms with Crippen LogP contribution in [0, 0.1) is 5.92 Å². The van der Waals surface area contributed by atoms with E-state index in [9.17, 15) is 19.5 Å². The van der Waals surface area contributed by atoms with Gasteiger partial charge in [0.25, 0.3) is 0 Å². The molecule has 3 aromatic rings. The van der Waals surface area contributed by atoms with Gasteiger partial charge in [0.05, 0.1) is 16.6 Å². The molecule has 0 aliphatic heterocycles. The molecule has 1 atom stereocenters. The number of hydrogen-bond acceptors (Lipinski definition) is 3. The first-order valence-electron chi connectivity index (χ1n) is 10.7. The molecule has 0 aliphatic rings. The Balaban J connectivity index is 1.61. The fraction of sp³-hybridized carbons (Fsp3) is 0.192. The SMILES string of the molecule is CCCC(CC(=O)c1ccc(-c2ccc(NC(=O)Nc3ccccc3Cl)cc2)cc1)C(=O)O. The number of para-hydroxylation sites is 1. The first kappa shape index (κ1) is 24.0. The lowest BCUT2D eigenvalue weighted by Gasteiger charge is -2.11. The van der Waals surface area contributed by atoms with E-state index in [1.807, 2.05) is 31.2 Å². The number of carbonyl (C=O) groups is 3. The number of rotatable bonds is 9. The van der Waals surface area contributed by atoms with Crippen LogP contribution in [-0.2, 0) is 4.79 Å². The first-order valence-corrected chi connectivity index (χ1v) is 11.0. The number of benzene rings is 3. The monoisotopic (exact) mass is 464 g/mol. The van der Waals surface area contributed by atoms with Crippen LogP contribution in [-0.4, -0.2) is 22.9 Å². The lowest BCUT2D eigenvalue weighted by molar-refractivity contribution is -0.141. The summed E-state index contributed by atoms with van der Waals surface area (Å²) >= 11 is 6.05. The molecule has 7 heteroatoms. The highest BCUT2D eigenvalue weighted by molar-refractivity contribution is 6.33. The van der Waals surface area contributed by atoms with E-state index in [2.05, 4.69) is 10.6 Å². The van der Waals surface area contributed by atoms with Crippen molar-refractivity contribution in [2.75, 3.05) is 10.6 Å². The molecular formula is C26H25ClN2O4. The molecular weight excluding hydrogens is 440 g/mol. The normalized spacial score (nSPS) is 11.5. The summed E-state index contributed by atoms with van der Waals surface area (Å²) in [5.41, 5.74) is 3.45. The summed E-state index contributed by atoms with van der Waals surface area (Å²) in [6.45, 7) is 1.90. The number of anilines is 2. The third-order valence-electron chi connectivity index (χ3n) is 5.22. The van der Waals surface area contributed by atoms with Gasteiger partial charge in [-0.3, -0.25) is 9.59 Å². The molecule has 1 unspecified atom stereocenters. The third kappa shape index (κ3) is 6.67. The predicted octanol–water partition coefficient (Wildman–Crippen LogP) is 6.72. The molecule has 0 radical (unpaired) electrons.